The summed E-state index contributed by atoms with van der Waals surface area (Å²) in [5, 5.41) is 10.3. The molecule has 45 heavy (non-hydrogen) atoms. The third-order valence-electron chi connectivity index (χ3n) is 9.57. The molecule has 0 aromatic carbocycles. The Hall–Kier alpha value is -3.05. The van der Waals surface area contributed by atoms with E-state index < -0.39 is 0 Å². The number of carbonyl (C=O) groups is 1. The molecule has 0 aromatic heterocycles. The van der Waals surface area contributed by atoms with Crippen molar-refractivity contribution in [2.24, 2.45) is 10.8 Å². The second-order valence-corrected chi connectivity index (χ2v) is 14.6. The molecule has 3 aliphatic rings. The van der Waals surface area contributed by atoms with Crippen LogP contribution in [0.15, 0.2) is 119 Å². The lowest BCUT2D eigenvalue weighted by Gasteiger charge is -2.39. The number of hydrogen-bond acceptors (Lipinski definition) is 4. The first-order valence-electron chi connectivity index (χ1n) is 16.2. The van der Waals surface area contributed by atoms with E-state index in [1.165, 1.54) is 0 Å². The van der Waals surface area contributed by atoms with Gasteiger partial charge in [-0.2, -0.15) is 0 Å². The summed E-state index contributed by atoms with van der Waals surface area (Å²) in [5.41, 5.74) is 5.69. The van der Waals surface area contributed by atoms with Gasteiger partial charge in [-0.25, -0.2) is 0 Å². The first kappa shape index (κ1) is 36.4. The van der Waals surface area contributed by atoms with Crippen LogP contribution in [0.2, 0.25) is 0 Å². The van der Waals surface area contributed by atoms with Crippen LogP contribution in [0.25, 0.3) is 0 Å². The third kappa shape index (κ3) is 8.82. The maximum atomic E-state index is 12.3. The van der Waals surface area contributed by atoms with E-state index in [0.717, 1.165) is 46.3 Å². The lowest BCUT2D eigenvalue weighted by Crippen LogP contribution is -2.46. The average molecular weight is 613 g/mol. The zero-order valence-electron chi connectivity index (χ0n) is 29.5. The van der Waals surface area contributed by atoms with Crippen LogP contribution in [-0.4, -0.2) is 41.4 Å². The fourth-order valence-electron chi connectivity index (χ4n) is 7.03. The molecule has 4 atom stereocenters. The number of epoxide rings is 1. The van der Waals surface area contributed by atoms with E-state index in [2.05, 4.69) is 147 Å². The molecule has 0 radical (unpaired) electrons. The Morgan fingerprint density at radius 2 is 1.27 bits per heavy atom. The molecule has 0 spiro atoms. The van der Waals surface area contributed by atoms with Crippen molar-refractivity contribution in [2.75, 3.05) is 7.11 Å². The maximum absolute atomic E-state index is 12.3. The van der Waals surface area contributed by atoms with Crippen molar-refractivity contribution < 1.29 is 19.4 Å². The highest BCUT2D eigenvalue weighted by Crippen LogP contribution is 2.66. The SMILES string of the molecule is CO[C@@H]1CC(C)(C)C(\C=C/C(C)=C/C=C/C(C)=C/C=C/C=C(C)/C=C/C=C(C)/C=C/[C@@]23O[C@]2(C)C[C@@H](O)CC3(C)C)=C1C(C)=O. The Morgan fingerprint density at radius 1 is 0.756 bits per heavy atom. The number of allylic oxidation sites excluding steroid dienone is 18. The van der Waals surface area contributed by atoms with Crippen LogP contribution < -0.4 is 0 Å². The first-order chi connectivity index (χ1) is 21.0. The minimum absolute atomic E-state index is 0.0850. The van der Waals surface area contributed by atoms with Gasteiger partial charge in [-0.05, 0) is 71.4 Å². The standard InChI is InChI=1S/C41H56O4/c1-29(18-14-20-31(3)22-23-35-37(33(5)42)36(44-11)28-38(35,6)7)16-12-13-17-30(2)19-15-21-32(4)24-25-41-39(8,9)26-34(43)27-40(41,10)45-41/h12-25,34,36,43H,26-28H2,1-11H3/b13-12+,18-14+,19-15+,23-22-,25-24+,29-16+,30-17+,31-20+,32-21+/t34-,36+,40+,41-/m0/s1. The van der Waals surface area contributed by atoms with Gasteiger partial charge in [0.25, 0.3) is 0 Å². The molecule has 0 unspecified atom stereocenters. The molecular weight excluding hydrogens is 556 g/mol. The van der Waals surface area contributed by atoms with E-state index in [1.54, 1.807) is 14.0 Å². The number of aliphatic hydroxyl groups is 1. The number of fused-ring (bicyclic) bond motifs is 1. The number of hydrogen-bond donors (Lipinski definition) is 1. The highest BCUT2D eigenvalue weighted by atomic mass is 16.6. The monoisotopic (exact) mass is 612 g/mol. The van der Waals surface area contributed by atoms with Gasteiger partial charge in [0.15, 0.2) is 5.78 Å². The Kier molecular flexibility index (Phi) is 11.8. The fourth-order valence-corrected chi connectivity index (χ4v) is 7.03. The van der Waals surface area contributed by atoms with Gasteiger partial charge in [0, 0.05) is 24.5 Å². The van der Waals surface area contributed by atoms with Crippen LogP contribution in [-0.2, 0) is 14.3 Å². The molecule has 1 saturated carbocycles. The zero-order chi connectivity index (χ0) is 33.6. The highest BCUT2D eigenvalue weighted by Gasteiger charge is 2.74. The lowest BCUT2D eigenvalue weighted by atomic mass is 9.63. The van der Waals surface area contributed by atoms with Crippen molar-refractivity contribution in [3.63, 3.8) is 0 Å². The third-order valence-corrected chi connectivity index (χ3v) is 9.57. The smallest absolute Gasteiger partial charge is 0.158 e. The van der Waals surface area contributed by atoms with Crippen LogP contribution in [0.3, 0.4) is 0 Å². The lowest BCUT2D eigenvalue weighted by molar-refractivity contribution is -0.114. The van der Waals surface area contributed by atoms with Gasteiger partial charge in [0.1, 0.15) is 11.2 Å². The number of Topliss-reactive ketones (excluding diaryl/α,β-unsaturated/α-hetero) is 1. The molecule has 1 saturated heterocycles. The number of rotatable bonds is 12. The number of ether oxygens (including phenoxy) is 2. The van der Waals surface area contributed by atoms with E-state index in [0.29, 0.717) is 6.42 Å². The molecule has 244 valence electrons. The number of carbonyl (C=O) groups excluding carboxylic acids is 1. The van der Waals surface area contributed by atoms with Crippen LogP contribution in [0, 0.1) is 10.8 Å². The largest absolute Gasteiger partial charge is 0.393 e. The Balaban J connectivity index is 1.53. The molecule has 3 rings (SSSR count). The maximum Gasteiger partial charge on any atom is 0.158 e. The van der Waals surface area contributed by atoms with E-state index in [4.69, 9.17) is 9.47 Å². The van der Waals surface area contributed by atoms with Crippen molar-refractivity contribution in [1.82, 2.24) is 0 Å². The predicted molar refractivity (Wildman–Crippen MR) is 189 cm³/mol. The fraction of sp³-hybridized carbons (Fsp3) is 0.488. The number of methoxy groups -OCH3 is 1. The Labute approximate surface area is 273 Å². The summed E-state index contributed by atoms with van der Waals surface area (Å²) in [7, 11) is 1.68. The molecule has 1 N–H and O–H groups in total. The molecule has 1 aliphatic heterocycles. The molecular formula is C41H56O4. The second-order valence-electron chi connectivity index (χ2n) is 14.6. The van der Waals surface area contributed by atoms with Crippen molar-refractivity contribution in [3.05, 3.63) is 119 Å². The first-order valence-corrected chi connectivity index (χ1v) is 16.2. The van der Waals surface area contributed by atoms with Crippen LogP contribution in [0.5, 0.6) is 0 Å². The zero-order valence-corrected chi connectivity index (χ0v) is 29.5. The highest BCUT2D eigenvalue weighted by molar-refractivity contribution is 5.96. The van der Waals surface area contributed by atoms with Gasteiger partial charge in [0.2, 0.25) is 0 Å². The van der Waals surface area contributed by atoms with E-state index in [1.807, 2.05) is 0 Å². The van der Waals surface area contributed by atoms with Crippen molar-refractivity contribution in [2.45, 2.75) is 112 Å². The summed E-state index contributed by atoms with van der Waals surface area (Å²) in [4.78, 5) is 12.3. The van der Waals surface area contributed by atoms with E-state index in [9.17, 15) is 9.90 Å². The van der Waals surface area contributed by atoms with Gasteiger partial charge in [-0.3, -0.25) is 4.79 Å². The summed E-state index contributed by atoms with van der Waals surface area (Å²) >= 11 is 0. The van der Waals surface area contributed by atoms with Gasteiger partial charge in [0.05, 0.1) is 12.2 Å². The van der Waals surface area contributed by atoms with Crippen molar-refractivity contribution >= 4 is 5.78 Å². The topological polar surface area (TPSA) is 59.1 Å². The number of aliphatic hydroxyl groups excluding tert-OH is 1. The van der Waals surface area contributed by atoms with Gasteiger partial charge < -0.3 is 14.6 Å². The second kappa shape index (κ2) is 14.6. The van der Waals surface area contributed by atoms with Crippen LogP contribution in [0.4, 0.5) is 0 Å². The summed E-state index contributed by atoms with van der Waals surface area (Å²) in [5.74, 6) is 0.0850. The molecule has 1 heterocycles. The molecule has 4 nitrogen and oxygen atoms in total. The molecule has 0 bridgehead atoms. The Bertz CT molecular complexity index is 1430. The van der Waals surface area contributed by atoms with E-state index in [-0.39, 0.29) is 40.0 Å². The van der Waals surface area contributed by atoms with Gasteiger partial charge in [-0.1, -0.05) is 129 Å². The molecule has 0 aromatic rings. The average Bonchev–Trinajstić information content (AvgIpc) is 3.46. The summed E-state index contributed by atoms with van der Waals surface area (Å²) in [6, 6.07) is 0. The summed E-state index contributed by atoms with van der Waals surface area (Å²) < 4.78 is 11.8. The quantitative estimate of drug-likeness (QED) is 0.176. The minimum Gasteiger partial charge on any atom is -0.393 e. The molecule has 2 aliphatic carbocycles. The predicted octanol–water partition coefficient (Wildman–Crippen LogP) is 9.59. The Morgan fingerprint density at radius 3 is 1.78 bits per heavy atom. The van der Waals surface area contributed by atoms with Crippen molar-refractivity contribution in [1.29, 1.82) is 0 Å². The molecule has 2 fully saturated rings. The molecule has 4 heteroatoms. The minimum atomic E-state index is -0.299. The van der Waals surface area contributed by atoms with E-state index >= 15 is 0 Å². The van der Waals surface area contributed by atoms with Gasteiger partial charge in [-0.15, -0.1) is 0 Å². The normalized spacial score (nSPS) is 31.0. The number of ketones is 1. The van der Waals surface area contributed by atoms with Crippen LogP contribution in [0.1, 0.15) is 88.5 Å². The van der Waals surface area contributed by atoms with Gasteiger partial charge >= 0.3 is 0 Å². The summed E-state index contributed by atoms with van der Waals surface area (Å²) in [6.07, 6.45) is 31.2. The summed E-state index contributed by atoms with van der Waals surface area (Å²) in [6.45, 7) is 20.8. The van der Waals surface area contributed by atoms with Crippen LogP contribution >= 0.6 is 0 Å². The van der Waals surface area contributed by atoms with Crippen molar-refractivity contribution in [3.8, 4) is 0 Å². The molecule has 0 amide bonds.